The first-order valence-corrected chi connectivity index (χ1v) is 9.29. The van der Waals surface area contributed by atoms with E-state index < -0.39 is 0 Å². The smallest absolute Gasteiger partial charge is 0.248 e. The minimum absolute atomic E-state index is 0. The SMILES string of the molecule is O=C(/C=C/c1ccccc1)Nc1cccc(C(=O)CC[NH+]2CCOCC2)c1.[Cl-]. The van der Waals surface area contributed by atoms with Crippen LogP contribution in [0.4, 0.5) is 5.69 Å². The first kappa shape index (κ1) is 21.8. The molecule has 0 atom stereocenters. The molecule has 2 N–H and O–H groups in total. The average molecular weight is 401 g/mol. The summed E-state index contributed by atoms with van der Waals surface area (Å²) in [6, 6.07) is 16.8. The molecule has 6 heteroatoms. The van der Waals surface area contributed by atoms with Crippen LogP contribution >= 0.6 is 0 Å². The van der Waals surface area contributed by atoms with Gasteiger partial charge in [0.25, 0.3) is 0 Å². The average Bonchev–Trinajstić information content (AvgIpc) is 2.72. The van der Waals surface area contributed by atoms with Gasteiger partial charge in [0.1, 0.15) is 13.1 Å². The number of nitrogens with one attached hydrogen (secondary N) is 2. The molecule has 5 nitrogen and oxygen atoms in total. The Morgan fingerprint density at radius 2 is 1.79 bits per heavy atom. The second-order valence-electron chi connectivity index (χ2n) is 6.60. The number of quaternary nitrogens is 1. The van der Waals surface area contributed by atoms with E-state index in [0.717, 1.165) is 38.4 Å². The minimum Gasteiger partial charge on any atom is -1.00 e. The first-order valence-electron chi connectivity index (χ1n) is 9.29. The van der Waals surface area contributed by atoms with E-state index in [2.05, 4.69) is 5.32 Å². The summed E-state index contributed by atoms with van der Waals surface area (Å²) in [6.07, 6.45) is 3.75. The van der Waals surface area contributed by atoms with Crippen LogP contribution in [0, 0.1) is 0 Å². The fourth-order valence-electron chi connectivity index (χ4n) is 3.04. The van der Waals surface area contributed by atoms with Gasteiger partial charge in [0.15, 0.2) is 5.78 Å². The first-order chi connectivity index (χ1) is 13.2. The van der Waals surface area contributed by atoms with Gasteiger partial charge in [-0.15, -0.1) is 0 Å². The zero-order chi connectivity index (χ0) is 18.9. The van der Waals surface area contributed by atoms with E-state index in [4.69, 9.17) is 4.74 Å². The normalized spacial score (nSPS) is 14.4. The monoisotopic (exact) mass is 400 g/mol. The maximum Gasteiger partial charge on any atom is 0.248 e. The number of rotatable bonds is 7. The molecule has 1 aliphatic heterocycles. The third-order valence-corrected chi connectivity index (χ3v) is 4.58. The summed E-state index contributed by atoms with van der Waals surface area (Å²) in [5.74, 6) is -0.119. The predicted molar refractivity (Wildman–Crippen MR) is 106 cm³/mol. The number of ether oxygens (including phenoxy) is 1. The maximum absolute atomic E-state index is 12.5. The van der Waals surface area contributed by atoms with Crippen molar-refractivity contribution in [2.24, 2.45) is 0 Å². The number of morpholine rings is 1. The van der Waals surface area contributed by atoms with Crippen LogP contribution in [-0.2, 0) is 9.53 Å². The molecular formula is C22H25ClN2O3. The molecule has 0 unspecified atom stereocenters. The summed E-state index contributed by atoms with van der Waals surface area (Å²) in [7, 11) is 0. The Morgan fingerprint density at radius 3 is 2.54 bits per heavy atom. The quantitative estimate of drug-likeness (QED) is 0.455. The molecule has 2 aromatic carbocycles. The molecule has 148 valence electrons. The fraction of sp³-hybridized carbons (Fsp3) is 0.273. The minimum atomic E-state index is -0.221. The highest BCUT2D eigenvalue weighted by atomic mass is 35.5. The number of ketones is 1. The number of hydrogen-bond acceptors (Lipinski definition) is 3. The molecule has 1 aliphatic rings. The van der Waals surface area contributed by atoms with Crippen LogP contribution in [0.15, 0.2) is 60.7 Å². The van der Waals surface area contributed by atoms with Gasteiger partial charge in [-0.2, -0.15) is 0 Å². The van der Waals surface area contributed by atoms with Crippen LogP contribution in [0.25, 0.3) is 6.08 Å². The van der Waals surface area contributed by atoms with Gasteiger partial charge in [-0.3, -0.25) is 9.59 Å². The second-order valence-corrected chi connectivity index (χ2v) is 6.60. The van der Waals surface area contributed by atoms with Gasteiger partial charge in [0, 0.05) is 17.3 Å². The molecule has 1 amide bonds. The van der Waals surface area contributed by atoms with Crippen molar-refractivity contribution >= 4 is 23.5 Å². The van der Waals surface area contributed by atoms with Crippen LogP contribution in [-0.4, -0.2) is 44.5 Å². The third-order valence-electron chi connectivity index (χ3n) is 4.58. The number of carbonyl (C=O) groups excluding carboxylic acids is 2. The number of amides is 1. The van der Waals surface area contributed by atoms with Gasteiger partial charge < -0.3 is 27.4 Å². The molecule has 1 fully saturated rings. The highest BCUT2D eigenvalue weighted by Crippen LogP contribution is 2.12. The summed E-state index contributed by atoms with van der Waals surface area (Å²) in [5.41, 5.74) is 2.22. The van der Waals surface area contributed by atoms with Crippen LogP contribution in [0.2, 0.25) is 0 Å². The van der Waals surface area contributed by atoms with Crippen LogP contribution < -0.4 is 22.6 Å². The Labute approximate surface area is 171 Å². The largest absolute Gasteiger partial charge is 1.00 e. The van der Waals surface area contributed by atoms with Crippen molar-refractivity contribution in [3.8, 4) is 0 Å². The molecule has 3 rings (SSSR count). The molecule has 0 radical (unpaired) electrons. The molecule has 0 spiro atoms. The zero-order valence-electron chi connectivity index (χ0n) is 15.7. The van der Waals surface area contributed by atoms with Crippen molar-refractivity contribution in [3.63, 3.8) is 0 Å². The van der Waals surface area contributed by atoms with E-state index in [-0.39, 0.29) is 24.1 Å². The Balaban J connectivity index is 0.00000280. The molecule has 0 aliphatic carbocycles. The molecule has 0 aromatic heterocycles. The molecule has 0 saturated carbocycles. The lowest BCUT2D eigenvalue weighted by Crippen LogP contribution is -3.14. The van der Waals surface area contributed by atoms with Crippen molar-refractivity contribution < 1.29 is 31.6 Å². The number of benzene rings is 2. The summed E-state index contributed by atoms with van der Waals surface area (Å²) >= 11 is 0. The van der Waals surface area contributed by atoms with Crippen LogP contribution in [0.1, 0.15) is 22.3 Å². The van der Waals surface area contributed by atoms with Gasteiger partial charge in [-0.05, 0) is 23.8 Å². The van der Waals surface area contributed by atoms with Crippen molar-refractivity contribution in [3.05, 3.63) is 71.8 Å². The summed E-state index contributed by atoms with van der Waals surface area (Å²) in [4.78, 5) is 26.0. The third kappa shape index (κ3) is 6.93. The fourth-order valence-corrected chi connectivity index (χ4v) is 3.04. The van der Waals surface area contributed by atoms with Crippen molar-refractivity contribution in [1.82, 2.24) is 0 Å². The van der Waals surface area contributed by atoms with E-state index in [1.807, 2.05) is 30.3 Å². The lowest BCUT2D eigenvalue weighted by molar-refractivity contribution is -0.907. The maximum atomic E-state index is 12.5. The Hall–Kier alpha value is -2.47. The molecule has 28 heavy (non-hydrogen) atoms. The standard InChI is InChI=1S/C22H24N2O3.ClH/c25-21(11-12-24-13-15-27-16-14-24)19-7-4-8-20(17-19)23-22(26)10-9-18-5-2-1-3-6-18;/h1-10,17H,11-16H2,(H,23,26);1H/b10-9+;. The molecule has 1 saturated heterocycles. The van der Waals surface area contributed by atoms with E-state index in [1.165, 1.54) is 11.0 Å². The lowest BCUT2D eigenvalue weighted by atomic mass is 10.1. The zero-order valence-corrected chi connectivity index (χ0v) is 16.5. The van der Waals surface area contributed by atoms with E-state index in [0.29, 0.717) is 17.7 Å². The summed E-state index contributed by atoms with van der Waals surface area (Å²) in [5, 5.41) is 2.81. The molecule has 0 bridgehead atoms. The van der Waals surface area contributed by atoms with Crippen LogP contribution in [0.5, 0.6) is 0 Å². The molecular weight excluding hydrogens is 376 g/mol. The lowest BCUT2D eigenvalue weighted by Gasteiger charge is -2.23. The number of Topliss-reactive ketones (excluding diaryl/α,β-unsaturated/α-hetero) is 1. The second kappa shape index (κ2) is 11.4. The number of carbonyl (C=O) groups is 2. The van der Waals surface area contributed by atoms with E-state index >= 15 is 0 Å². The Bertz CT molecular complexity index is 802. The van der Waals surface area contributed by atoms with Gasteiger partial charge >= 0.3 is 0 Å². The van der Waals surface area contributed by atoms with Gasteiger partial charge in [-0.1, -0.05) is 42.5 Å². The highest BCUT2D eigenvalue weighted by molar-refractivity contribution is 6.03. The van der Waals surface area contributed by atoms with E-state index in [1.54, 1.807) is 30.3 Å². The predicted octanol–water partition coefficient (Wildman–Crippen LogP) is -1.17. The number of halogens is 1. The van der Waals surface area contributed by atoms with E-state index in [9.17, 15) is 9.59 Å². The van der Waals surface area contributed by atoms with Crippen LogP contribution in [0.3, 0.4) is 0 Å². The summed E-state index contributed by atoms with van der Waals surface area (Å²) in [6.45, 7) is 4.26. The van der Waals surface area contributed by atoms with Crippen molar-refractivity contribution in [2.75, 3.05) is 38.2 Å². The molecule has 2 aromatic rings. The number of anilines is 1. The van der Waals surface area contributed by atoms with Gasteiger partial charge in [0.05, 0.1) is 26.2 Å². The Morgan fingerprint density at radius 1 is 1.04 bits per heavy atom. The Kier molecular flexibility index (Phi) is 8.88. The molecule has 1 heterocycles. The number of hydrogen-bond donors (Lipinski definition) is 2. The van der Waals surface area contributed by atoms with Gasteiger partial charge in [-0.25, -0.2) is 0 Å². The summed E-state index contributed by atoms with van der Waals surface area (Å²) < 4.78 is 5.34. The van der Waals surface area contributed by atoms with Crippen molar-refractivity contribution in [1.29, 1.82) is 0 Å². The van der Waals surface area contributed by atoms with Gasteiger partial charge in [0.2, 0.25) is 5.91 Å². The van der Waals surface area contributed by atoms with Crippen molar-refractivity contribution in [2.45, 2.75) is 6.42 Å². The topological polar surface area (TPSA) is 59.8 Å². The highest BCUT2D eigenvalue weighted by Gasteiger charge is 2.16.